The highest BCUT2D eigenvalue weighted by atomic mass is 32.2. The van der Waals surface area contributed by atoms with Crippen LogP contribution in [0, 0.1) is 0 Å². The predicted molar refractivity (Wildman–Crippen MR) is 83.3 cm³/mol. The van der Waals surface area contributed by atoms with Gasteiger partial charge in [0.15, 0.2) is 0 Å². The zero-order chi connectivity index (χ0) is 15.3. The summed E-state index contributed by atoms with van der Waals surface area (Å²) >= 11 is 4.94. The lowest BCUT2D eigenvalue weighted by atomic mass is 9.98. The molecule has 7 heteroatoms. The molecule has 0 radical (unpaired) electrons. The second-order valence-corrected chi connectivity index (χ2v) is 7.40. The van der Waals surface area contributed by atoms with Crippen LogP contribution in [0.3, 0.4) is 0 Å². The molecule has 1 amide bonds. The van der Waals surface area contributed by atoms with E-state index >= 15 is 0 Å². The van der Waals surface area contributed by atoms with Gasteiger partial charge in [0.1, 0.15) is 15.8 Å². The van der Waals surface area contributed by atoms with Crippen LogP contribution in [0.15, 0.2) is 30.3 Å². The summed E-state index contributed by atoms with van der Waals surface area (Å²) in [6.45, 7) is 1.63. The van der Waals surface area contributed by atoms with Crippen LogP contribution < -0.4 is 11.1 Å². The van der Waals surface area contributed by atoms with Crippen molar-refractivity contribution in [3.05, 3.63) is 35.9 Å². The third kappa shape index (κ3) is 5.26. The summed E-state index contributed by atoms with van der Waals surface area (Å²) in [6.07, 6.45) is 1.12. The Bertz CT molecular complexity index is 585. The molecule has 1 aromatic rings. The van der Waals surface area contributed by atoms with Crippen molar-refractivity contribution >= 4 is 33.0 Å². The molecule has 2 unspecified atom stereocenters. The van der Waals surface area contributed by atoms with Gasteiger partial charge in [-0.1, -0.05) is 42.5 Å². The van der Waals surface area contributed by atoms with E-state index in [1.54, 1.807) is 31.2 Å². The Labute approximate surface area is 124 Å². The third-order valence-corrected chi connectivity index (χ3v) is 3.96. The minimum Gasteiger partial charge on any atom is -0.392 e. The molecule has 20 heavy (non-hydrogen) atoms. The van der Waals surface area contributed by atoms with Crippen LogP contribution in [0.1, 0.15) is 18.4 Å². The molecule has 0 heterocycles. The summed E-state index contributed by atoms with van der Waals surface area (Å²) < 4.78 is 22.4. The number of carbonyl (C=O) groups excluding carboxylic acids is 1. The molecule has 0 aromatic heterocycles. The number of hydrogen-bond acceptors (Lipinski definition) is 4. The van der Waals surface area contributed by atoms with Crippen molar-refractivity contribution in [3.8, 4) is 0 Å². The van der Waals surface area contributed by atoms with Gasteiger partial charge in [0.2, 0.25) is 5.91 Å². The van der Waals surface area contributed by atoms with E-state index in [0.717, 1.165) is 6.26 Å². The number of rotatable bonds is 6. The lowest BCUT2D eigenvalue weighted by Crippen LogP contribution is -2.43. The third-order valence-electron chi connectivity index (χ3n) is 2.62. The van der Waals surface area contributed by atoms with Crippen LogP contribution in [-0.2, 0) is 14.6 Å². The molecule has 0 aliphatic rings. The fraction of sp³-hybridized carbons (Fsp3) is 0.385. The molecule has 0 saturated carbocycles. The molecule has 0 saturated heterocycles. The van der Waals surface area contributed by atoms with Crippen LogP contribution in [0.25, 0.3) is 0 Å². The van der Waals surface area contributed by atoms with Crippen molar-refractivity contribution in [2.75, 3.05) is 12.0 Å². The number of carbonyl (C=O) groups is 1. The lowest BCUT2D eigenvalue weighted by Gasteiger charge is -2.19. The van der Waals surface area contributed by atoms with Gasteiger partial charge >= 0.3 is 0 Å². The monoisotopic (exact) mass is 314 g/mol. The molecule has 2 atom stereocenters. The molecule has 110 valence electrons. The highest BCUT2D eigenvalue weighted by molar-refractivity contribution is 7.90. The van der Waals surface area contributed by atoms with E-state index in [1.807, 2.05) is 6.07 Å². The van der Waals surface area contributed by atoms with Crippen molar-refractivity contribution in [1.29, 1.82) is 0 Å². The highest BCUT2D eigenvalue weighted by Gasteiger charge is 2.25. The fourth-order valence-corrected chi connectivity index (χ4v) is 3.15. The molecule has 0 spiro atoms. The molecule has 0 bridgehead atoms. The Hall–Kier alpha value is -1.47. The number of hydrogen-bond donors (Lipinski definition) is 2. The van der Waals surface area contributed by atoms with Gasteiger partial charge in [0, 0.05) is 12.3 Å². The van der Waals surface area contributed by atoms with Gasteiger partial charge < -0.3 is 11.1 Å². The Morgan fingerprint density at radius 2 is 1.90 bits per heavy atom. The van der Waals surface area contributed by atoms with Crippen LogP contribution >= 0.6 is 12.2 Å². The Kier molecular flexibility index (Phi) is 5.64. The van der Waals surface area contributed by atoms with E-state index in [2.05, 4.69) is 5.32 Å². The van der Waals surface area contributed by atoms with Crippen molar-refractivity contribution in [3.63, 3.8) is 0 Å². The summed E-state index contributed by atoms with van der Waals surface area (Å²) in [5, 5.41) is 2.63. The normalized spacial score (nSPS) is 14.3. The first kappa shape index (κ1) is 16.6. The molecule has 0 aliphatic carbocycles. The summed E-state index contributed by atoms with van der Waals surface area (Å²) in [5.74, 6) is -1.27. The first-order chi connectivity index (χ1) is 9.20. The molecular weight excluding hydrogens is 296 g/mol. The summed E-state index contributed by atoms with van der Waals surface area (Å²) in [6, 6.07) is 8.40. The second kappa shape index (κ2) is 6.81. The minimum atomic E-state index is -3.16. The van der Waals surface area contributed by atoms with Gasteiger partial charge in [0.25, 0.3) is 0 Å². The van der Waals surface area contributed by atoms with Crippen molar-refractivity contribution in [2.24, 2.45) is 5.73 Å². The van der Waals surface area contributed by atoms with Crippen molar-refractivity contribution in [2.45, 2.75) is 18.9 Å². The summed E-state index contributed by atoms with van der Waals surface area (Å²) in [5.41, 5.74) is 6.31. The molecule has 0 aliphatic heterocycles. The molecule has 5 nitrogen and oxygen atoms in total. The number of nitrogens with one attached hydrogen (secondary N) is 1. The zero-order valence-electron chi connectivity index (χ0n) is 11.4. The van der Waals surface area contributed by atoms with E-state index < -0.39 is 21.8 Å². The topological polar surface area (TPSA) is 89.3 Å². The van der Waals surface area contributed by atoms with Gasteiger partial charge in [-0.25, -0.2) is 8.42 Å². The smallest absolute Gasteiger partial charge is 0.234 e. The van der Waals surface area contributed by atoms with E-state index in [-0.39, 0.29) is 16.6 Å². The average Bonchev–Trinajstić information content (AvgIpc) is 2.26. The van der Waals surface area contributed by atoms with Crippen LogP contribution in [0.5, 0.6) is 0 Å². The molecule has 0 fully saturated rings. The SMILES string of the molecule is CC(CS(C)(=O)=O)NC(=O)C(C(N)=S)c1ccccc1. The van der Waals surface area contributed by atoms with Crippen molar-refractivity contribution < 1.29 is 13.2 Å². The lowest BCUT2D eigenvalue weighted by molar-refractivity contribution is -0.121. The quantitative estimate of drug-likeness (QED) is 0.751. The standard InChI is InChI=1S/C13H18N2O3S2/c1-9(8-20(2,17)18)15-13(16)11(12(14)19)10-6-4-3-5-7-10/h3-7,9,11H,8H2,1-2H3,(H2,14,19)(H,15,16). The van der Waals surface area contributed by atoms with E-state index in [4.69, 9.17) is 18.0 Å². The molecular formula is C13H18N2O3S2. The van der Waals surface area contributed by atoms with Crippen LogP contribution in [0.4, 0.5) is 0 Å². The maximum Gasteiger partial charge on any atom is 0.234 e. The first-order valence-corrected chi connectivity index (χ1v) is 8.50. The Morgan fingerprint density at radius 1 is 1.35 bits per heavy atom. The van der Waals surface area contributed by atoms with E-state index in [0.29, 0.717) is 5.56 Å². The summed E-state index contributed by atoms with van der Waals surface area (Å²) in [4.78, 5) is 12.3. The van der Waals surface area contributed by atoms with Gasteiger partial charge in [0.05, 0.1) is 10.7 Å². The maximum atomic E-state index is 12.2. The van der Waals surface area contributed by atoms with Gasteiger partial charge in [-0.05, 0) is 12.5 Å². The zero-order valence-corrected chi connectivity index (χ0v) is 13.0. The van der Waals surface area contributed by atoms with Crippen LogP contribution in [-0.4, -0.2) is 37.4 Å². The van der Waals surface area contributed by atoms with Gasteiger partial charge in [-0.3, -0.25) is 4.79 Å². The molecule has 1 rings (SSSR count). The average molecular weight is 314 g/mol. The highest BCUT2D eigenvalue weighted by Crippen LogP contribution is 2.16. The Balaban J connectivity index is 2.84. The largest absolute Gasteiger partial charge is 0.392 e. The van der Waals surface area contributed by atoms with E-state index in [1.165, 1.54) is 0 Å². The second-order valence-electron chi connectivity index (χ2n) is 4.75. The fourth-order valence-electron chi connectivity index (χ4n) is 1.91. The van der Waals surface area contributed by atoms with Crippen LogP contribution in [0.2, 0.25) is 0 Å². The number of thiocarbonyl (C=S) groups is 1. The first-order valence-electron chi connectivity index (χ1n) is 6.03. The van der Waals surface area contributed by atoms with Gasteiger partial charge in [-0.15, -0.1) is 0 Å². The van der Waals surface area contributed by atoms with E-state index in [9.17, 15) is 13.2 Å². The van der Waals surface area contributed by atoms with Crippen molar-refractivity contribution in [1.82, 2.24) is 5.32 Å². The number of sulfone groups is 1. The maximum absolute atomic E-state index is 12.2. The minimum absolute atomic E-state index is 0.0558. The molecule has 1 aromatic carbocycles. The number of nitrogens with two attached hydrogens (primary N) is 1. The van der Waals surface area contributed by atoms with Gasteiger partial charge in [-0.2, -0.15) is 0 Å². The number of benzene rings is 1. The molecule has 3 N–H and O–H groups in total. The summed E-state index contributed by atoms with van der Waals surface area (Å²) in [7, 11) is -3.16. The Morgan fingerprint density at radius 3 is 2.35 bits per heavy atom. The number of amides is 1. The predicted octanol–water partition coefficient (Wildman–Crippen LogP) is 0.606.